The molecule has 0 atom stereocenters. The summed E-state index contributed by atoms with van der Waals surface area (Å²) in [7, 11) is 0. The minimum atomic E-state index is -0.222. The second kappa shape index (κ2) is 2.28. The second-order valence-corrected chi connectivity index (χ2v) is 2.34. The molecule has 0 bridgehead atoms. The van der Waals surface area contributed by atoms with Crippen molar-refractivity contribution in [3.8, 4) is 0 Å². The molecular formula is C5H12NO-. The zero-order valence-corrected chi connectivity index (χ0v) is 5.12. The Kier molecular flexibility index (Phi) is 2.26. The van der Waals surface area contributed by atoms with Crippen LogP contribution in [-0.2, 0) is 0 Å². The number of hydrogen-bond donors (Lipinski definition) is 1. The summed E-state index contributed by atoms with van der Waals surface area (Å²) < 4.78 is 0. The maximum atomic E-state index is 9.93. The molecule has 2 nitrogen and oxygen atoms in total. The van der Waals surface area contributed by atoms with Crippen LogP contribution in [0.5, 0.6) is 0 Å². The smallest absolute Gasteiger partial charge is 0.000555 e. The molecule has 0 aliphatic carbocycles. The normalized spacial score (nSPS) is 12.0. The van der Waals surface area contributed by atoms with Crippen LogP contribution in [0.25, 0.3) is 0 Å². The monoisotopic (exact) mass is 102 g/mol. The van der Waals surface area contributed by atoms with Crippen molar-refractivity contribution in [2.45, 2.75) is 32.7 Å². The van der Waals surface area contributed by atoms with Crippen molar-refractivity contribution in [1.82, 2.24) is 5.48 Å². The Morgan fingerprint density at radius 3 is 2.00 bits per heavy atom. The van der Waals surface area contributed by atoms with E-state index in [1.54, 1.807) is 0 Å². The minimum absolute atomic E-state index is 0.222. The Morgan fingerprint density at radius 2 is 2.00 bits per heavy atom. The van der Waals surface area contributed by atoms with Gasteiger partial charge < -0.3 is 10.7 Å². The lowest BCUT2D eigenvalue weighted by Crippen LogP contribution is -2.33. The van der Waals surface area contributed by atoms with Crippen LogP contribution < -0.4 is 5.48 Å². The van der Waals surface area contributed by atoms with Crippen molar-refractivity contribution in [2.24, 2.45) is 0 Å². The van der Waals surface area contributed by atoms with Crippen molar-refractivity contribution in [2.75, 3.05) is 0 Å². The van der Waals surface area contributed by atoms with Crippen LogP contribution in [0.15, 0.2) is 0 Å². The molecule has 0 rings (SSSR count). The Morgan fingerprint density at radius 1 is 1.57 bits per heavy atom. The highest BCUT2D eigenvalue weighted by Crippen LogP contribution is 2.04. The first-order valence-corrected chi connectivity index (χ1v) is 2.51. The number of hydrogen-bond acceptors (Lipinski definition) is 2. The summed E-state index contributed by atoms with van der Waals surface area (Å²) in [4.78, 5) is 0. The van der Waals surface area contributed by atoms with Crippen molar-refractivity contribution in [1.29, 1.82) is 0 Å². The standard InChI is InChI=1S/C5H12NO/c1-4-5(2,3)6-7/h6H,4H2,1-3H3/q-1. The van der Waals surface area contributed by atoms with E-state index in [1.165, 1.54) is 0 Å². The molecule has 0 aliphatic heterocycles. The van der Waals surface area contributed by atoms with Gasteiger partial charge in [-0.15, -0.1) is 0 Å². The van der Waals surface area contributed by atoms with Gasteiger partial charge in [-0.25, -0.2) is 0 Å². The van der Waals surface area contributed by atoms with Gasteiger partial charge in [0.05, 0.1) is 0 Å². The molecule has 0 aromatic heterocycles. The van der Waals surface area contributed by atoms with Crippen molar-refractivity contribution in [3.05, 3.63) is 5.21 Å². The lowest BCUT2D eigenvalue weighted by Gasteiger charge is -2.28. The predicted molar refractivity (Wildman–Crippen MR) is 30.9 cm³/mol. The van der Waals surface area contributed by atoms with Crippen LogP contribution in [0.1, 0.15) is 27.2 Å². The molecule has 7 heavy (non-hydrogen) atoms. The van der Waals surface area contributed by atoms with E-state index in [2.05, 4.69) is 0 Å². The van der Waals surface area contributed by atoms with E-state index < -0.39 is 0 Å². The average molecular weight is 102 g/mol. The maximum absolute atomic E-state index is 9.93. The number of nitrogens with one attached hydrogen (secondary N) is 1. The topological polar surface area (TPSA) is 35.1 Å². The van der Waals surface area contributed by atoms with Crippen LogP contribution in [0.3, 0.4) is 0 Å². The molecule has 0 saturated heterocycles. The Labute approximate surface area is 44.5 Å². The molecule has 0 unspecified atom stereocenters. The van der Waals surface area contributed by atoms with Gasteiger partial charge >= 0.3 is 0 Å². The van der Waals surface area contributed by atoms with Gasteiger partial charge in [-0.2, -0.15) is 0 Å². The van der Waals surface area contributed by atoms with E-state index in [0.29, 0.717) is 0 Å². The second-order valence-electron chi connectivity index (χ2n) is 2.34. The van der Waals surface area contributed by atoms with E-state index in [1.807, 2.05) is 26.3 Å². The van der Waals surface area contributed by atoms with Crippen molar-refractivity contribution in [3.63, 3.8) is 0 Å². The van der Waals surface area contributed by atoms with E-state index in [-0.39, 0.29) is 5.54 Å². The molecule has 0 spiro atoms. The SMILES string of the molecule is CCC(C)(C)N[O-]. The third-order valence-corrected chi connectivity index (χ3v) is 1.16. The van der Waals surface area contributed by atoms with Crippen LogP contribution in [0.2, 0.25) is 0 Å². The summed E-state index contributed by atoms with van der Waals surface area (Å²) in [5.41, 5.74) is 1.72. The largest absolute Gasteiger partial charge is 0.787 e. The highest BCUT2D eigenvalue weighted by molar-refractivity contribution is 4.74. The van der Waals surface area contributed by atoms with Crippen molar-refractivity contribution >= 4 is 0 Å². The average Bonchev–Trinajstić information content (AvgIpc) is 1.68. The molecule has 0 radical (unpaired) electrons. The van der Waals surface area contributed by atoms with Crippen LogP contribution >= 0.6 is 0 Å². The first-order valence-electron chi connectivity index (χ1n) is 2.51. The highest BCUT2D eigenvalue weighted by atomic mass is 16.5. The van der Waals surface area contributed by atoms with E-state index in [0.717, 1.165) is 6.42 Å². The molecule has 0 heterocycles. The van der Waals surface area contributed by atoms with E-state index in [4.69, 9.17) is 0 Å². The third-order valence-electron chi connectivity index (χ3n) is 1.16. The van der Waals surface area contributed by atoms with Gasteiger partial charge in [0.15, 0.2) is 0 Å². The molecule has 44 valence electrons. The Balaban J connectivity index is 3.36. The highest BCUT2D eigenvalue weighted by Gasteiger charge is 2.05. The summed E-state index contributed by atoms with van der Waals surface area (Å²) in [6.45, 7) is 5.73. The van der Waals surface area contributed by atoms with Crippen molar-refractivity contribution < 1.29 is 0 Å². The zero-order valence-electron chi connectivity index (χ0n) is 5.12. The fourth-order valence-corrected chi connectivity index (χ4v) is 0.0722. The van der Waals surface area contributed by atoms with Gasteiger partial charge in [-0.05, 0) is 20.3 Å². The third kappa shape index (κ3) is 2.60. The molecular weight excluding hydrogens is 90.1 g/mol. The van der Waals surface area contributed by atoms with Crippen LogP contribution in [0, 0.1) is 5.21 Å². The summed E-state index contributed by atoms with van der Waals surface area (Å²) in [5.74, 6) is 0. The lowest BCUT2D eigenvalue weighted by atomic mass is 10.0. The summed E-state index contributed by atoms with van der Waals surface area (Å²) >= 11 is 0. The van der Waals surface area contributed by atoms with Gasteiger partial charge in [-0.3, -0.25) is 0 Å². The minimum Gasteiger partial charge on any atom is -0.787 e. The van der Waals surface area contributed by atoms with E-state index >= 15 is 0 Å². The van der Waals surface area contributed by atoms with Gasteiger partial charge in [0.25, 0.3) is 0 Å². The number of rotatable bonds is 2. The predicted octanol–water partition coefficient (Wildman–Crippen LogP) is 1.26. The zero-order chi connectivity index (χ0) is 5.91. The fourth-order valence-electron chi connectivity index (χ4n) is 0.0722. The van der Waals surface area contributed by atoms with E-state index in [9.17, 15) is 5.21 Å². The summed E-state index contributed by atoms with van der Waals surface area (Å²) in [5, 5.41) is 9.93. The molecule has 0 fully saturated rings. The molecule has 0 aromatic rings. The van der Waals surface area contributed by atoms with Gasteiger partial charge in [0.1, 0.15) is 0 Å². The summed E-state index contributed by atoms with van der Waals surface area (Å²) in [6, 6.07) is 0. The Bertz CT molecular complexity index is 46.0. The molecule has 0 aliphatic rings. The van der Waals surface area contributed by atoms with Gasteiger partial charge in [0, 0.05) is 5.54 Å². The number of hydroxylamine groups is 1. The quantitative estimate of drug-likeness (QED) is 0.533. The fraction of sp³-hybridized carbons (Fsp3) is 1.00. The molecule has 1 N–H and O–H groups in total. The molecule has 0 aromatic carbocycles. The van der Waals surface area contributed by atoms with Gasteiger partial charge in [0.2, 0.25) is 0 Å². The first-order chi connectivity index (χ1) is 3.12. The van der Waals surface area contributed by atoms with Crippen LogP contribution in [0.4, 0.5) is 0 Å². The summed E-state index contributed by atoms with van der Waals surface area (Å²) in [6.07, 6.45) is 0.872. The maximum Gasteiger partial charge on any atom is 0.000555 e. The molecule has 2 heteroatoms. The van der Waals surface area contributed by atoms with Crippen LogP contribution in [-0.4, -0.2) is 5.54 Å². The van der Waals surface area contributed by atoms with Gasteiger partial charge in [-0.1, -0.05) is 6.92 Å². The molecule has 0 saturated carbocycles. The first kappa shape index (κ1) is 6.92. The Hall–Kier alpha value is -0.0800. The molecule has 0 amide bonds. The lowest BCUT2D eigenvalue weighted by molar-refractivity contribution is 0.429.